The second-order valence-electron chi connectivity index (χ2n) is 11.2. The van der Waals surface area contributed by atoms with Crippen LogP contribution in [0.15, 0.2) is 103 Å². The molecule has 2 saturated heterocycles. The average Bonchev–Trinajstić information content (AvgIpc) is 3.64. The zero-order chi connectivity index (χ0) is 27.2. The van der Waals surface area contributed by atoms with E-state index in [1.165, 1.54) is 22.5 Å². The van der Waals surface area contributed by atoms with E-state index in [4.69, 9.17) is 11.6 Å². The van der Waals surface area contributed by atoms with Gasteiger partial charge >= 0.3 is 0 Å². The maximum Gasteiger partial charge on any atom is 0.286 e. The van der Waals surface area contributed by atoms with Gasteiger partial charge < -0.3 is 4.90 Å². The van der Waals surface area contributed by atoms with Crippen LogP contribution in [0.25, 0.3) is 28.0 Å². The van der Waals surface area contributed by atoms with Crippen LogP contribution in [0.2, 0.25) is 5.02 Å². The summed E-state index contributed by atoms with van der Waals surface area (Å²) in [6.45, 7) is 4.51. The number of fused-ring (bicyclic) bond motifs is 2. The van der Waals surface area contributed by atoms with Crippen molar-refractivity contribution in [2.75, 3.05) is 26.2 Å². The number of pyridine rings is 1. The number of aryl methyl sites for hydroxylation is 1. The molecule has 5 nitrogen and oxygen atoms in total. The fourth-order valence-corrected chi connectivity index (χ4v) is 6.81. The molecule has 200 valence electrons. The molecule has 40 heavy (non-hydrogen) atoms. The zero-order valence-electron chi connectivity index (χ0n) is 22.6. The Kier molecular flexibility index (Phi) is 6.41. The molecule has 0 bridgehead atoms. The quantitative estimate of drug-likeness (QED) is 0.254. The number of amides is 1. The van der Waals surface area contributed by atoms with Gasteiger partial charge in [0.05, 0.1) is 13.6 Å². The second-order valence-corrected chi connectivity index (χ2v) is 11.6. The molecule has 2 fully saturated rings. The molecule has 1 amide bonds. The van der Waals surface area contributed by atoms with Crippen LogP contribution in [-0.4, -0.2) is 46.3 Å². The number of benzene rings is 3. The molecule has 2 aliphatic heterocycles. The number of carbonyl (C=O) groups is 1. The Bertz CT molecular complexity index is 1670. The molecular formula is C34H32ClN4O+. The lowest BCUT2D eigenvalue weighted by atomic mass is 10.0. The minimum absolute atomic E-state index is 0.157. The van der Waals surface area contributed by atoms with Crippen LogP contribution in [0.4, 0.5) is 0 Å². The number of rotatable bonds is 5. The van der Waals surface area contributed by atoms with Gasteiger partial charge in [0.2, 0.25) is 0 Å². The van der Waals surface area contributed by atoms with Gasteiger partial charge in [-0.25, -0.2) is 4.57 Å². The highest BCUT2D eigenvalue weighted by Crippen LogP contribution is 2.34. The third kappa shape index (κ3) is 4.49. The molecule has 4 heterocycles. The van der Waals surface area contributed by atoms with Gasteiger partial charge in [-0.1, -0.05) is 60.1 Å². The number of likely N-dealkylation sites (tertiary alicyclic amines) is 2. The van der Waals surface area contributed by atoms with E-state index in [1.807, 2.05) is 42.5 Å². The Morgan fingerprint density at radius 2 is 1.40 bits per heavy atom. The molecule has 2 aromatic heterocycles. The molecule has 0 aliphatic carbocycles. The molecule has 2 aliphatic rings. The van der Waals surface area contributed by atoms with Gasteiger partial charge in [0, 0.05) is 54.0 Å². The lowest BCUT2D eigenvalue weighted by Gasteiger charge is -2.21. The van der Waals surface area contributed by atoms with Gasteiger partial charge in [0.25, 0.3) is 11.6 Å². The van der Waals surface area contributed by atoms with E-state index in [0.29, 0.717) is 11.8 Å². The predicted octanol–water partition coefficient (Wildman–Crippen LogP) is 5.96. The molecule has 0 saturated carbocycles. The van der Waals surface area contributed by atoms with Crippen LogP contribution in [0.5, 0.6) is 0 Å². The van der Waals surface area contributed by atoms with Gasteiger partial charge in [-0.2, -0.15) is 4.40 Å². The summed E-state index contributed by atoms with van der Waals surface area (Å²) >= 11 is 6.26. The van der Waals surface area contributed by atoms with Crippen molar-refractivity contribution in [2.24, 2.45) is 18.9 Å². The van der Waals surface area contributed by atoms with Gasteiger partial charge in [-0.3, -0.25) is 9.69 Å². The number of hydrogen-bond donors (Lipinski definition) is 0. The maximum absolute atomic E-state index is 13.1. The average molecular weight is 548 g/mol. The molecule has 0 spiro atoms. The Morgan fingerprint density at radius 1 is 0.775 bits per heavy atom. The SMILES string of the molecule is C[n+]1c(-c2ccc(Cl)cc2)c(CN2CC3CN(C(=O)c4ccccc4)CC3C2)n2cc(-c3ccccc3)ccc21. The van der Waals surface area contributed by atoms with Crippen molar-refractivity contribution in [2.45, 2.75) is 6.54 Å². The third-order valence-corrected chi connectivity index (χ3v) is 8.89. The lowest BCUT2D eigenvalue weighted by Crippen LogP contribution is -2.33. The van der Waals surface area contributed by atoms with Crippen molar-refractivity contribution in [3.63, 3.8) is 0 Å². The molecule has 5 aromatic rings. The molecule has 0 radical (unpaired) electrons. The number of carbonyl (C=O) groups excluding carboxylic acids is 1. The Morgan fingerprint density at radius 3 is 2.08 bits per heavy atom. The van der Waals surface area contributed by atoms with E-state index in [2.05, 4.69) is 86.6 Å². The second kappa shape index (κ2) is 10.2. The predicted molar refractivity (Wildman–Crippen MR) is 159 cm³/mol. The fourth-order valence-electron chi connectivity index (χ4n) is 6.69. The minimum atomic E-state index is 0.157. The summed E-state index contributed by atoms with van der Waals surface area (Å²) in [7, 11) is 2.15. The van der Waals surface area contributed by atoms with Crippen molar-refractivity contribution in [3.05, 3.63) is 120 Å². The van der Waals surface area contributed by atoms with Crippen LogP contribution in [0, 0.1) is 11.8 Å². The van der Waals surface area contributed by atoms with Gasteiger partial charge in [0.15, 0.2) is 11.4 Å². The first-order valence-electron chi connectivity index (χ1n) is 14.0. The minimum Gasteiger partial charge on any atom is -0.338 e. The van der Waals surface area contributed by atoms with Crippen LogP contribution < -0.4 is 4.57 Å². The first-order chi connectivity index (χ1) is 19.5. The normalized spacial score (nSPS) is 18.9. The highest BCUT2D eigenvalue weighted by Gasteiger charge is 2.42. The van der Waals surface area contributed by atoms with E-state index >= 15 is 0 Å². The topological polar surface area (TPSA) is 31.8 Å². The Hall–Kier alpha value is -3.93. The fraction of sp³-hybridized carbons (Fsp3) is 0.235. The Balaban J connectivity index is 1.20. The molecule has 3 aromatic carbocycles. The maximum atomic E-state index is 13.1. The molecule has 2 atom stereocenters. The van der Waals surface area contributed by atoms with Crippen molar-refractivity contribution >= 4 is 23.2 Å². The summed E-state index contributed by atoms with van der Waals surface area (Å²) < 4.78 is 4.66. The standard InChI is InChI=1S/C34H32ClN4O/c1-36-32-17-14-27(24-8-4-2-5-9-24)22-39(32)31(33(36)25-12-15-30(35)16-13-25)23-37-18-28-20-38(21-29(28)19-37)34(40)26-10-6-3-7-11-26/h2-17,22,28-29H,18-21,23H2,1H3/q+1. The van der Waals surface area contributed by atoms with Gasteiger partial charge in [-0.15, -0.1) is 0 Å². The molecule has 0 N–H and O–H groups in total. The van der Waals surface area contributed by atoms with Crippen LogP contribution in [-0.2, 0) is 13.6 Å². The number of imidazole rings is 1. The first-order valence-corrected chi connectivity index (χ1v) is 14.3. The lowest BCUT2D eigenvalue weighted by molar-refractivity contribution is -0.633. The van der Waals surface area contributed by atoms with Gasteiger partial charge in [0.1, 0.15) is 6.20 Å². The highest BCUT2D eigenvalue weighted by atomic mass is 35.5. The van der Waals surface area contributed by atoms with Crippen molar-refractivity contribution in [1.29, 1.82) is 0 Å². The van der Waals surface area contributed by atoms with Crippen molar-refractivity contribution in [1.82, 2.24) is 14.2 Å². The summed E-state index contributed by atoms with van der Waals surface area (Å²) in [4.78, 5) is 17.7. The van der Waals surface area contributed by atoms with Crippen molar-refractivity contribution in [3.8, 4) is 22.4 Å². The summed E-state index contributed by atoms with van der Waals surface area (Å²) in [5.41, 5.74) is 7.98. The highest BCUT2D eigenvalue weighted by molar-refractivity contribution is 6.30. The van der Waals surface area contributed by atoms with Gasteiger partial charge in [-0.05, 0) is 59.9 Å². The van der Waals surface area contributed by atoms with Crippen LogP contribution in [0.1, 0.15) is 16.1 Å². The van der Waals surface area contributed by atoms with E-state index < -0.39 is 0 Å². The summed E-state index contributed by atoms with van der Waals surface area (Å²) in [6, 6.07) is 32.8. The van der Waals surface area contributed by atoms with E-state index in [-0.39, 0.29) is 5.91 Å². The Labute approximate surface area is 239 Å². The van der Waals surface area contributed by atoms with E-state index in [0.717, 1.165) is 54.5 Å². The number of aromatic nitrogens is 2. The van der Waals surface area contributed by atoms with E-state index in [1.54, 1.807) is 0 Å². The number of nitrogens with zero attached hydrogens (tertiary/aromatic N) is 4. The number of hydrogen-bond acceptors (Lipinski definition) is 2. The van der Waals surface area contributed by atoms with Crippen molar-refractivity contribution < 1.29 is 9.36 Å². The molecule has 2 unspecified atom stereocenters. The molecule has 7 rings (SSSR count). The summed E-state index contributed by atoms with van der Waals surface area (Å²) in [6.07, 6.45) is 2.27. The third-order valence-electron chi connectivity index (χ3n) is 8.64. The smallest absolute Gasteiger partial charge is 0.286 e. The van der Waals surface area contributed by atoms with E-state index in [9.17, 15) is 4.79 Å². The van der Waals surface area contributed by atoms with Crippen LogP contribution >= 0.6 is 11.6 Å². The monoisotopic (exact) mass is 547 g/mol. The number of halogens is 1. The largest absolute Gasteiger partial charge is 0.338 e. The molecule has 6 heteroatoms. The van der Waals surface area contributed by atoms with Crippen LogP contribution in [0.3, 0.4) is 0 Å². The zero-order valence-corrected chi connectivity index (χ0v) is 23.3. The summed E-state index contributed by atoms with van der Waals surface area (Å²) in [5, 5.41) is 0.741. The summed E-state index contributed by atoms with van der Waals surface area (Å²) in [5.74, 6) is 1.17. The molecular weight excluding hydrogens is 516 g/mol. The first kappa shape index (κ1) is 25.1.